The number of ether oxygens (including phenoxy) is 2. The van der Waals surface area contributed by atoms with Crippen molar-refractivity contribution < 1.29 is 22.4 Å². The Morgan fingerprint density at radius 1 is 1.00 bits per heavy atom. The molecule has 2 aromatic carbocycles. The smallest absolute Gasteiger partial charge is 0.281 e. The molecule has 0 aliphatic heterocycles. The van der Waals surface area contributed by atoms with Gasteiger partial charge in [-0.05, 0) is 43.3 Å². The number of aryl methyl sites for hydroxylation is 1. The van der Waals surface area contributed by atoms with Crippen LogP contribution in [0.5, 0.6) is 17.2 Å². The van der Waals surface area contributed by atoms with Crippen molar-refractivity contribution in [1.82, 2.24) is 5.16 Å². The maximum absolute atomic E-state index is 12.4. The molecule has 0 saturated heterocycles. The summed E-state index contributed by atoms with van der Waals surface area (Å²) >= 11 is 0. The van der Waals surface area contributed by atoms with E-state index in [2.05, 4.69) is 9.88 Å². The number of hydrogen-bond donors (Lipinski definition) is 1. The fraction of sp³-hybridized carbons (Fsp3) is 0.118. The maximum atomic E-state index is 12.4. The summed E-state index contributed by atoms with van der Waals surface area (Å²) in [5.41, 5.74) is 0.418. The van der Waals surface area contributed by atoms with E-state index in [1.54, 1.807) is 56.5 Å². The average Bonchev–Trinajstić information content (AvgIpc) is 2.96. The summed E-state index contributed by atoms with van der Waals surface area (Å²) in [7, 11) is -2.24. The van der Waals surface area contributed by atoms with E-state index in [9.17, 15) is 8.42 Å². The molecular formula is C17H16N2O5S. The molecule has 3 rings (SSSR count). The van der Waals surface area contributed by atoms with Crippen molar-refractivity contribution >= 4 is 15.9 Å². The number of rotatable bonds is 6. The van der Waals surface area contributed by atoms with Gasteiger partial charge in [0.25, 0.3) is 15.9 Å². The number of hydrogen-bond acceptors (Lipinski definition) is 6. The SMILES string of the molecule is COc1ccc(Oc2c(C)noc2NS(=O)(=O)c2ccccc2)cc1. The van der Waals surface area contributed by atoms with Crippen molar-refractivity contribution in [1.29, 1.82) is 0 Å². The monoisotopic (exact) mass is 360 g/mol. The van der Waals surface area contributed by atoms with Gasteiger partial charge in [-0.2, -0.15) is 0 Å². The first-order chi connectivity index (χ1) is 12.0. The lowest BCUT2D eigenvalue weighted by Crippen LogP contribution is -2.12. The molecule has 0 aliphatic carbocycles. The van der Waals surface area contributed by atoms with Crippen molar-refractivity contribution in [3.8, 4) is 17.2 Å². The van der Waals surface area contributed by atoms with E-state index in [-0.39, 0.29) is 16.5 Å². The van der Waals surface area contributed by atoms with Crippen LogP contribution in [0.15, 0.2) is 64.0 Å². The van der Waals surface area contributed by atoms with Gasteiger partial charge in [0, 0.05) is 0 Å². The molecule has 1 heterocycles. The van der Waals surface area contributed by atoms with Gasteiger partial charge in [-0.15, -0.1) is 0 Å². The second-order valence-corrected chi connectivity index (χ2v) is 6.80. The molecule has 0 spiro atoms. The first kappa shape index (κ1) is 16.8. The molecule has 0 bridgehead atoms. The zero-order chi connectivity index (χ0) is 17.9. The van der Waals surface area contributed by atoms with E-state index in [1.165, 1.54) is 12.1 Å². The Hall–Kier alpha value is -3.00. The minimum atomic E-state index is -3.81. The van der Waals surface area contributed by atoms with Crippen molar-refractivity contribution in [3.63, 3.8) is 0 Å². The number of nitrogens with zero attached hydrogens (tertiary/aromatic N) is 1. The summed E-state index contributed by atoms with van der Waals surface area (Å²) in [6.45, 7) is 1.66. The summed E-state index contributed by atoms with van der Waals surface area (Å²) in [6, 6.07) is 14.8. The second kappa shape index (κ2) is 6.86. The molecule has 3 aromatic rings. The lowest BCUT2D eigenvalue weighted by Gasteiger charge is -2.09. The van der Waals surface area contributed by atoms with E-state index in [1.807, 2.05) is 0 Å². The van der Waals surface area contributed by atoms with Crippen LogP contribution < -0.4 is 14.2 Å². The van der Waals surface area contributed by atoms with Crippen LogP contribution in [-0.2, 0) is 10.0 Å². The van der Waals surface area contributed by atoms with Crippen LogP contribution in [0.25, 0.3) is 0 Å². The standard InChI is InChI=1S/C17H16N2O5S/c1-12-16(23-14-10-8-13(22-2)9-11-14)17(24-18-12)19-25(20,21)15-6-4-3-5-7-15/h3-11,19H,1-2H3. The van der Waals surface area contributed by atoms with E-state index >= 15 is 0 Å². The molecule has 0 fully saturated rings. The molecule has 25 heavy (non-hydrogen) atoms. The van der Waals surface area contributed by atoms with Gasteiger partial charge in [-0.25, -0.2) is 13.1 Å². The molecule has 8 heteroatoms. The van der Waals surface area contributed by atoms with Gasteiger partial charge in [0.15, 0.2) is 0 Å². The summed E-state index contributed by atoms with van der Waals surface area (Å²) in [4.78, 5) is 0.111. The number of sulfonamides is 1. The van der Waals surface area contributed by atoms with Crippen molar-refractivity contribution in [3.05, 3.63) is 60.3 Å². The number of methoxy groups -OCH3 is 1. The minimum Gasteiger partial charge on any atom is -0.497 e. The number of benzene rings is 2. The third-order valence-corrected chi connectivity index (χ3v) is 4.72. The number of aromatic nitrogens is 1. The lowest BCUT2D eigenvalue weighted by molar-refractivity contribution is 0.412. The minimum absolute atomic E-state index is 0.0860. The topological polar surface area (TPSA) is 90.7 Å². The highest BCUT2D eigenvalue weighted by Crippen LogP contribution is 2.34. The Bertz CT molecular complexity index is 950. The van der Waals surface area contributed by atoms with Crippen molar-refractivity contribution in [2.75, 3.05) is 11.8 Å². The molecular weight excluding hydrogens is 344 g/mol. The zero-order valence-electron chi connectivity index (χ0n) is 13.6. The van der Waals surface area contributed by atoms with Crippen LogP contribution in [0.3, 0.4) is 0 Å². The zero-order valence-corrected chi connectivity index (χ0v) is 14.4. The highest BCUT2D eigenvalue weighted by atomic mass is 32.2. The predicted molar refractivity (Wildman–Crippen MR) is 91.6 cm³/mol. The summed E-state index contributed by atoms with van der Waals surface area (Å²) in [5.74, 6) is 1.29. The molecule has 7 nitrogen and oxygen atoms in total. The summed E-state index contributed by atoms with van der Waals surface area (Å²) in [5, 5.41) is 3.77. The third-order valence-electron chi connectivity index (χ3n) is 3.37. The fourth-order valence-electron chi connectivity index (χ4n) is 2.09. The second-order valence-electron chi connectivity index (χ2n) is 5.12. The van der Waals surface area contributed by atoms with Gasteiger partial charge in [0.2, 0.25) is 5.75 Å². The van der Waals surface area contributed by atoms with Crippen LogP contribution in [-0.4, -0.2) is 20.7 Å². The lowest BCUT2D eigenvalue weighted by atomic mass is 10.3. The molecule has 1 N–H and O–H groups in total. The quantitative estimate of drug-likeness (QED) is 0.722. The van der Waals surface area contributed by atoms with Gasteiger partial charge >= 0.3 is 0 Å². The van der Waals surface area contributed by atoms with Gasteiger partial charge < -0.3 is 14.0 Å². The van der Waals surface area contributed by atoms with Crippen LogP contribution >= 0.6 is 0 Å². The van der Waals surface area contributed by atoms with Gasteiger partial charge in [0.05, 0.1) is 12.0 Å². The summed E-state index contributed by atoms with van der Waals surface area (Å²) < 4.78 is 43.1. The fourth-order valence-corrected chi connectivity index (χ4v) is 3.10. The molecule has 0 unspecified atom stereocenters. The molecule has 0 atom stereocenters. The molecule has 130 valence electrons. The van der Waals surface area contributed by atoms with Crippen LogP contribution in [0, 0.1) is 6.92 Å². The van der Waals surface area contributed by atoms with Crippen molar-refractivity contribution in [2.24, 2.45) is 0 Å². The molecule has 0 radical (unpaired) electrons. The molecule has 0 saturated carbocycles. The van der Waals surface area contributed by atoms with Crippen LogP contribution in [0.1, 0.15) is 5.69 Å². The van der Waals surface area contributed by atoms with Gasteiger partial charge in [0.1, 0.15) is 17.2 Å². The Morgan fingerprint density at radius 2 is 1.64 bits per heavy atom. The number of nitrogens with one attached hydrogen (secondary N) is 1. The third kappa shape index (κ3) is 3.74. The number of anilines is 1. The first-order valence-corrected chi connectivity index (χ1v) is 8.84. The van der Waals surface area contributed by atoms with Crippen molar-refractivity contribution in [2.45, 2.75) is 11.8 Å². The van der Waals surface area contributed by atoms with Gasteiger partial charge in [-0.1, -0.05) is 23.4 Å². The Morgan fingerprint density at radius 3 is 2.28 bits per heavy atom. The maximum Gasteiger partial charge on any atom is 0.281 e. The van der Waals surface area contributed by atoms with Crippen LogP contribution in [0.2, 0.25) is 0 Å². The van der Waals surface area contributed by atoms with E-state index in [0.717, 1.165) is 0 Å². The Kier molecular flexibility index (Phi) is 4.62. The average molecular weight is 360 g/mol. The molecule has 0 amide bonds. The van der Waals surface area contributed by atoms with E-state index in [4.69, 9.17) is 14.0 Å². The molecule has 0 aliphatic rings. The molecule has 1 aromatic heterocycles. The van der Waals surface area contributed by atoms with E-state index < -0.39 is 10.0 Å². The highest BCUT2D eigenvalue weighted by Gasteiger charge is 2.22. The largest absolute Gasteiger partial charge is 0.497 e. The van der Waals surface area contributed by atoms with Crippen LogP contribution in [0.4, 0.5) is 5.88 Å². The normalized spacial score (nSPS) is 11.1. The highest BCUT2D eigenvalue weighted by molar-refractivity contribution is 7.92. The van der Waals surface area contributed by atoms with Gasteiger partial charge in [-0.3, -0.25) is 0 Å². The first-order valence-electron chi connectivity index (χ1n) is 7.35. The Labute approximate surface area is 145 Å². The van der Waals surface area contributed by atoms with E-state index in [0.29, 0.717) is 17.2 Å². The Balaban J connectivity index is 1.86. The predicted octanol–water partition coefficient (Wildman–Crippen LogP) is 3.58. The summed E-state index contributed by atoms with van der Waals surface area (Å²) in [6.07, 6.45) is 0.